The Morgan fingerprint density at radius 1 is 1.39 bits per heavy atom. The van der Waals surface area contributed by atoms with Gasteiger partial charge in [0.1, 0.15) is 0 Å². The molecule has 2 heterocycles. The first-order valence-electron chi connectivity index (χ1n) is 6.20. The molecule has 2 amide bonds. The van der Waals surface area contributed by atoms with E-state index in [0.717, 1.165) is 6.54 Å². The zero-order valence-corrected chi connectivity index (χ0v) is 11.3. The van der Waals surface area contributed by atoms with Crippen molar-refractivity contribution in [3.63, 3.8) is 0 Å². The van der Waals surface area contributed by atoms with Crippen molar-refractivity contribution in [2.45, 2.75) is 25.9 Å². The number of benzene rings is 1. The summed E-state index contributed by atoms with van der Waals surface area (Å²) < 4.78 is 1.28. The molecular weight excluding hydrogens is 244 g/mol. The van der Waals surface area contributed by atoms with Crippen LogP contribution < -0.4 is 5.32 Å². The molecule has 3 nitrogen and oxygen atoms in total. The fourth-order valence-corrected chi connectivity index (χ4v) is 3.46. The molecule has 1 unspecified atom stereocenters. The third-order valence-corrected chi connectivity index (χ3v) is 4.43. The van der Waals surface area contributed by atoms with Crippen molar-refractivity contribution in [2.24, 2.45) is 0 Å². The molecule has 0 bridgehead atoms. The minimum absolute atomic E-state index is 0.0466. The van der Waals surface area contributed by atoms with E-state index in [0.29, 0.717) is 0 Å². The van der Waals surface area contributed by atoms with Gasteiger partial charge in [0.2, 0.25) is 0 Å². The SMILES string of the molecule is CC(C)N1CC(c2csc3ccccc23)NC1=O. The third kappa shape index (κ3) is 1.77. The average molecular weight is 260 g/mol. The molecule has 18 heavy (non-hydrogen) atoms. The molecule has 1 aromatic carbocycles. The van der Waals surface area contributed by atoms with Crippen LogP contribution in [0.15, 0.2) is 29.6 Å². The Kier molecular flexibility index (Phi) is 2.74. The lowest BCUT2D eigenvalue weighted by Gasteiger charge is -2.18. The first-order chi connectivity index (χ1) is 8.66. The Hall–Kier alpha value is -1.55. The highest BCUT2D eigenvalue weighted by Gasteiger charge is 2.32. The molecule has 1 saturated heterocycles. The topological polar surface area (TPSA) is 32.3 Å². The summed E-state index contributed by atoms with van der Waals surface area (Å²) >= 11 is 1.74. The highest BCUT2D eigenvalue weighted by atomic mass is 32.1. The van der Waals surface area contributed by atoms with Crippen LogP contribution in [0.5, 0.6) is 0 Å². The summed E-state index contributed by atoms with van der Waals surface area (Å²) in [6, 6.07) is 8.78. The molecular formula is C14H16N2OS. The van der Waals surface area contributed by atoms with Gasteiger partial charge < -0.3 is 10.2 Å². The Bertz CT molecular complexity index is 590. The summed E-state index contributed by atoms with van der Waals surface area (Å²) in [4.78, 5) is 13.8. The second-order valence-corrected chi connectivity index (χ2v) is 5.85. The van der Waals surface area contributed by atoms with Gasteiger partial charge in [-0.1, -0.05) is 18.2 Å². The van der Waals surface area contributed by atoms with E-state index in [4.69, 9.17) is 0 Å². The van der Waals surface area contributed by atoms with Gasteiger partial charge in [-0.2, -0.15) is 0 Å². The van der Waals surface area contributed by atoms with Crippen LogP contribution in [0, 0.1) is 0 Å². The number of hydrogen-bond acceptors (Lipinski definition) is 2. The normalized spacial score (nSPS) is 19.8. The molecule has 0 aliphatic carbocycles. The molecule has 0 spiro atoms. The van der Waals surface area contributed by atoms with E-state index in [1.54, 1.807) is 11.3 Å². The van der Waals surface area contributed by atoms with Crippen LogP contribution in [0.1, 0.15) is 25.5 Å². The molecule has 1 atom stereocenters. The molecule has 94 valence electrons. The van der Waals surface area contributed by atoms with E-state index in [2.05, 4.69) is 35.0 Å². The van der Waals surface area contributed by atoms with Gasteiger partial charge in [0.05, 0.1) is 6.04 Å². The van der Waals surface area contributed by atoms with Crippen molar-refractivity contribution in [1.29, 1.82) is 0 Å². The van der Waals surface area contributed by atoms with E-state index in [-0.39, 0.29) is 18.1 Å². The maximum atomic E-state index is 11.9. The number of rotatable bonds is 2. The fraction of sp³-hybridized carbons (Fsp3) is 0.357. The van der Waals surface area contributed by atoms with Gasteiger partial charge in [-0.05, 0) is 36.2 Å². The predicted octanol–water partition coefficient (Wildman–Crippen LogP) is 3.38. The number of fused-ring (bicyclic) bond motifs is 1. The van der Waals surface area contributed by atoms with Crippen LogP contribution in [0.3, 0.4) is 0 Å². The van der Waals surface area contributed by atoms with Crippen LogP contribution >= 0.6 is 11.3 Å². The van der Waals surface area contributed by atoms with Crippen molar-refractivity contribution < 1.29 is 4.79 Å². The van der Waals surface area contributed by atoms with E-state index < -0.39 is 0 Å². The smallest absolute Gasteiger partial charge is 0.318 e. The zero-order chi connectivity index (χ0) is 12.7. The van der Waals surface area contributed by atoms with E-state index in [1.165, 1.54) is 15.6 Å². The van der Waals surface area contributed by atoms with Gasteiger partial charge in [-0.15, -0.1) is 11.3 Å². The lowest BCUT2D eigenvalue weighted by Crippen LogP contribution is -2.33. The number of carbonyl (C=O) groups excluding carboxylic acids is 1. The van der Waals surface area contributed by atoms with Crippen LogP contribution in [-0.2, 0) is 0 Å². The number of carbonyl (C=O) groups is 1. The maximum absolute atomic E-state index is 11.9. The molecule has 1 aliphatic heterocycles. The van der Waals surface area contributed by atoms with Crippen LogP contribution in [-0.4, -0.2) is 23.5 Å². The third-order valence-electron chi connectivity index (χ3n) is 3.45. The highest BCUT2D eigenvalue weighted by Crippen LogP contribution is 2.32. The number of thiophene rings is 1. The second kappa shape index (κ2) is 4.28. The number of amides is 2. The lowest BCUT2D eigenvalue weighted by atomic mass is 10.1. The molecule has 4 heteroatoms. The molecule has 0 radical (unpaired) electrons. The highest BCUT2D eigenvalue weighted by molar-refractivity contribution is 7.17. The Balaban J connectivity index is 1.95. The predicted molar refractivity (Wildman–Crippen MR) is 74.9 cm³/mol. The van der Waals surface area contributed by atoms with E-state index in [1.807, 2.05) is 18.7 Å². The Morgan fingerprint density at radius 2 is 2.17 bits per heavy atom. The monoisotopic (exact) mass is 260 g/mol. The summed E-state index contributed by atoms with van der Waals surface area (Å²) in [5, 5.41) is 6.50. The van der Waals surface area contributed by atoms with Gasteiger partial charge >= 0.3 is 6.03 Å². The van der Waals surface area contributed by atoms with Crippen molar-refractivity contribution in [2.75, 3.05) is 6.54 Å². The lowest BCUT2D eigenvalue weighted by molar-refractivity contribution is 0.206. The first-order valence-corrected chi connectivity index (χ1v) is 7.08. The molecule has 1 aromatic heterocycles. The number of urea groups is 1. The summed E-state index contributed by atoms with van der Waals surface area (Å²) in [7, 11) is 0. The maximum Gasteiger partial charge on any atom is 0.318 e. The zero-order valence-electron chi connectivity index (χ0n) is 10.5. The molecule has 1 aliphatic rings. The minimum atomic E-state index is 0.0466. The average Bonchev–Trinajstić information content (AvgIpc) is 2.92. The standard InChI is InChI=1S/C14H16N2OS/c1-9(2)16-7-12(15-14(16)17)11-8-18-13-6-4-3-5-10(11)13/h3-6,8-9,12H,7H2,1-2H3,(H,15,17). The summed E-state index contributed by atoms with van der Waals surface area (Å²) in [5.74, 6) is 0. The van der Waals surface area contributed by atoms with Gasteiger partial charge in [0.15, 0.2) is 0 Å². The number of nitrogens with zero attached hydrogens (tertiary/aromatic N) is 1. The van der Waals surface area contributed by atoms with Gasteiger partial charge in [-0.3, -0.25) is 0 Å². The summed E-state index contributed by atoms with van der Waals surface area (Å²) in [6.07, 6.45) is 0. The first kappa shape index (κ1) is 11.5. The summed E-state index contributed by atoms with van der Waals surface area (Å²) in [5.41, 5.74) is 1.24. The van der Waals surface area contributed by atoms with Gasteiger partial charge in [0, 0.05) is 17.3 Å². The van der Waals surface area contributed by atoms with Crippen molar-refractivity contribution >= 4 is 27.5 Å². The molecule has 1 N–H and O–H groups in total. The van der Waals surface area contributed by atoms with Crippen LogP contribution in [0.2, 0.25) is 0 Å². The number of nitrogens with one attached hydrogen (secondary N) is 1. The summed E-state index contributed by atoms with van der Waals surface area (Å²) in [6.45, 7) is 4.86. The van der Waals surface area contributed by atoms with Crippen LogP contribution in [0.25, 0.3) is 10.1 Å². The molecule has 0 saturated carbocycles. The van der Waals surface area contributed by atoms with Gasteiger partial charge in [0.25, 0.3) is 0 Å². The molecule has 1 fully saturated rings. The quantitative estimate of drug-likeness (QED) is 0.882. The van der Waals surface area contributed by atoms with E-state index in [9.17, 15) is 4.79 Å². The molecule has 2 aromatic rings. The van der Waals surface area contributed by atoms with Crippen LogP contribution in [0.4, 0.5) is 4.79 Å². The Labute approximate surface area is 110 Å². The largest absolute Gasteiger partial charge is 0.329 e. The molecule has 3 rings (SSSR count). The fourth-order valence-electron chi connectivity index (χ4n) is 2.45. The Morgan fingerprint density at radius 3 is 2.89 bits per heavy atom. The van der Waals surface area contributed by atoms with E-state index >= 15 is 0 Å². The van der Waals surface area contributed by atoms with Crippen molar-refractivity contribution in [3.05, 3.63) is 35.2 Å². The van der Waals surface area contributed by atoms with Gasteiger partial charge in [-0.25, -0.2) is 4.79 Å². The number of hydrogen-bond donors (Lipinski definition) is 1. The second-order valence-electron chi connectivity index (χ2n) is 4.94. The van der Waals surface area contributed by atoms with Crippen molar-refractivity contribution in [3.8, 4) is 0 Å². The van der Waals surface area contributed by atoms with Crippen molar-refractivity contribution in [1.82, 2.24) is 10.2 Å². The minimum Gasteiger partial charge on any atom is -0.329 e.